The molecule has 132 valence electrons. The van der Waals surface area contributed by atoms with E-state index in [4.69, 9.17) is 9.47 Å². The topological polar surface area (TPSA) is 41.9 Å². The van der Waals surface area contributed by atoms with Crippen LogP contribution in [0.25, 0.3) is 0 Å². The highest BCUT2D eigenvalue weighted by atomic mass is 79.9. The maximum absolute atomic E-state index is 10.6. The van der Waals surface area contributed by atoms with Gasteiger partial charge in [0.1, 0.15) is 5.75 Å². The average Bonchev–Trinajstić information content (AvgIpc) is 3.17. The van der Waals surface area contributed by atoms with E-state index in [1.165, 1.54) is 24.1 Å². The quantitative estimate of drug-likeness (QED) is 0.434. The van der Waals surface area contributed by atoms with Crippen molar-refractivity contribution in [3.8, 4) is 17.2 Å². The zero-order chi connectivity index (χ0) is 17.4. The van der Waals surface area contributed by atoms with Crippen LogP contribution >= 0.6 is 15.9 Å². The number of hydrogen-bond donors (Lipinski definition) is 1. The second-order valence-electron chi connectivity index (χ2n) is 6.57. The zero-order valence-corrected chi connectivity index (χ0v) is 15.8. The van der Waals surface area contributed by atoms with Crippen LogP contribution in [-0.2, 0) is 0 Å². The average molecular weight is 404 g/mol. The van der Waals surface area contributed by atoms with Gasteiger partial charge in [-0.15, -0.1) is 0 Å². The minimum absolute atomic E-state index is 0.0485. The molecule has 4 nitrogen and oxygen atoms in total. The Morgan fingerprint density at radius 3 is 2.68 bits per heavy atom. The molecule has 5 heteroatoms. The summed E-state index contributed by atoms with van der Waals surface area (Å²) in [5, 5.41) is 10.6. The van der Waals surface area contributed by atoms with Crippen molar-refractivity contribution in [2.24, 2.45) is 0 Å². The molecule has 0 saturated carbocycles. The normalized spacial score (nSPS) is 20.8. The summed E-state index contributed by atoms with van der Waals surface area (Å²) in [6, 6.07) is 12.0. The van der Waals surface area contributed by atoms with Gasteiger partial charge in [-0.25, -0.2) is 0 Å². The number of ether oxygens (including phenoxy) is 2. The lowest BCUT2D eigenvalue weighted by Gasteiger charge is -2.26. The Labute approximate surface area is 156 Å². The summed E-state index contributed by atoms with van der Waals surface area (Å²) in [6.45, 7) is 3.43. The van der Waals surface area contributed by atoms with Crippen molar-refractivity contribution in [2.45, 2.75) is 37.1 Å². The summed E-state index contributed by atoms with van der Waals surface area (Å²) in [5.74, 6) is 1.61. The van der Waals surface area contributed by atoms with Gasteiger partial charge < -0.3 is 19.5 Å². The highest BCUT2D eigenvalue weighted by Crippen LogP contribution is 2.51. The molecule has 2 aromatic carbocycles. The van der Waals surface area contributed by atoms with E-state index in [2.05, 4.69) is 52.0 Å². The van der Waals surface area contributed by atoms with Crippen LogP contribution in [0.1, 0.15) is 43.2 Å². The number of phenolic OH excluding ortho intramolecular Hbond substituents is 1. The summed E-state index contributed by atoms with van der Waals surface area (Å²) in [6.07, 6.45) is 3.58. The maximum atomic E-state index is 10.6. The number of nitrogens with zero attached hydrogens (tertiary/aromatic N) is 1. The lowest BCUT2D eigenvalue weighted by molar-refractivity contribution is 0.174. The van der Waals surface area contributed by atoms with Gasteiger partial charge in [-0.2, -0.15) is 0 Å². The van der Waals surface area contributed by atoms with E-state index >= 15 is 0 Å². The molecule has 2 heterocycles. The van der Waals surface area contributed by atoms with Gasteiger partial charge in [0, 0.05) is 29.8 Å². The molecule has 2 aliphatic rings. The first-order valence-electron chi connectivity index (χ1n) is 8.83. The van der Waals surface area contributed by atoms with E-state index in [0.717, 1.165) is 18.5 Å². The Hall–Kier alpha value is -1.88. The fourth-order valence-electron chi connectivity index (χ4n) is 3.76. The van der Waals surface area contributed by atoms with Crippen molar-refractivity contribution in [3.63, 3.8) is 0 Å². The van der Waals surface area contributed by atoms with Crippen LogP contribution in [0, 0.1) is 0 Å². The first kappa shape index (κ1) is 16.6. The Morgan fingerprint density at radius 2 is 1.88 bits per heavy atom. The minimum atomic E-state index is 0.0485. The van der Waals surface area contributed by atoms with Crippen molar-refractivity contribution in [3.05, 3.63) is 47.5 Å². The van der Waals surface area contributed by atoms with Crippen LogP contribution < -0.4 is 14.4 Å². The molecule has 25 heavy (non-hydrogen) atoms. The van der Waals surface area contributed by atoms with Gasteiger partial charge in [0.25, 0.3) is 0 Å². The summed E-state index contributed by atoms with van der Waals surface area (Å²) < 4.78 is 10.9. The number of halogens is 1. The van der Waals surface area contributed by atoms with Gasteiger partial charge in [0.05, 0.1) is 4.95 Å². The smallest absolute Gasteiger partial charge is 0.231 e. The van der Waals surface area contributed by atoms with Crippen molar-refractivity contribution < 1.29 is 14.6 Å². The Kier molecular flexibility index (Phi) is 4.50. The van der Waals surface area contributed by atoms with Crippen LogP contribution in [0.15, 0.2) is 36.4 Å². The summed E-state index contributed by atoms with van der Waals surface area (Å²) >= 11 is 3.90. The summed E-state index contributed by atoms with van der Waals surface area (Å²) in [4.78, 5) is 2.51. The highest BCUT2D eigenvalue weighted by molar-refractivity contribution is 9.09. The molecule has 0 spiro atoms. The van der Waals surface area contributed by atoms with Gasteiger partial charge >= 0.3 is 0 Å². The molecule has 2 unspecified atom stereocenters. The standard InChI is InChI=1S/C20H22BrNO3/c1-2-3-6-9-22-15-8-5-4-7-13(15)19(20(22)21)14-10-17-18(11-16(14)23)25-12-24-17/h4-5,7-8,10-11,19-20,23H,2-3,6,9,12H2,1H3. The van der Waals surface area contributed by atoms with E-state index in [-0.39, 0.29) is 23.4 Å². The van der Waals surface area contributed by atoms with E-state index in [1.807, 2.05) is 6.07 Å². The number of aromatic hydroxyl groups is 1. The predicted octanol–water partition coefficient (Wildman–Crippen LogP) is 4.98. The molecule has 0 amide bonds. The number of benzene rings is 2. The number of anilines is 1. The number of para-hydroxylation sites is 1. The molecular weight excluding hydrogens is 382 g/mol. The third-order valence-electron chi connectivity index (χ3n) is 5.01. The second-order valence-corrected chi connectivity index (χ2v) is 7.51. The number of rotatable bonds is 5. The third-order valence-corrected chi connectivity index (χ3v) is 6.04. The molecular formula is C20H22BrNO3. The van der Waals surface area contributed by atoms with Crippen molar-refractivity contribution in [2.75, 3.05) is 18.2 Å². The maximum Gasteiger partial charge on any atom is 0.231 e. The Balaban J connectivity index is 1.73. The van der Waals surface area contributed by atoms with Crippen LogP contribution in [0.4, 0.5) is 5.69 Å². The first-order valence-corrected chi connectivity index (χ1v) is 9.74. The SMILES string of the molecule is CCCCCN1c2ccccc2C(c2cc3c(cc2O)OCO3)C1Br. The number of alkyl halides is 1. The Morgan fingerprint density at radius 1 is 1.12 bits per heavy atom. The van der Waals surface area contributed by atoms with Gasteiger partial charge in [-0.05, 0) is 24.1 Å². The minimum Gasteiger partial charge on any atom is -0.508 e. The molecule has 2 aliphatic heterocycles. The lowest BCUT2D eigenvalue weighted by atomic mass is 9.92. The molecule has 2 aromatic rings. The molecule has 0 radical (unpaired) electrons. The second kappa shape index (κ2) is 6.79. The molecule has 4 rings (SSSR count). The van der Waals surface area contributed by atoms with E-state index in [9.17, 15) is 5.11 Å². The largest absolute Gasteiger partial charge is 0.508 e. The molecule has 0 aliphatic carbocycles. The highest BCUT2D eigenvalue weighted by Gasteiger charge is 2.39. The first-order chi connectivity index (χ1) is 12.2. The molecule has 1 N–H and O–H groups in total. The van der Waals surface area contributed by atoms with Crippen molar-refractivity contribution in [1.29, 1.82) is 0 Å². The number of unbranched alkanes of at least 4 members (excludes halogenated alkanes) is 2. The van der Waals surface area contributed by atoms with Gasteiger partial charge in [-0.3, -0.25) is 0 Å². The number of hydrogen-bond acceptors (Lipinski definition) is 4. The Bertz CT molecular complexity index is 780. The molecule has 0 aromatic heterocycles. The summed E-state index contributed by atoms with van der Waals surface area (Å²) in [7, 11) is 0. The van der Waals surface area contributed by atoms with E-state index in [0.29, 0.717) is 11.5 Å². The molecule has 2 atom stereocenters. The van der Waals surface area contributed by atoms with Crippen LogP contribution in [0.5, 0.6) is 17.2 Å². The van der Waals surface area contributed by atoms with Crippen LogP contribution in [0.3, 0.4) is 0 Å². The van der Waals surface area contributed by atoms with Crippen molar-refractivity contribution in [1.82, 2.24) is 0 Å². The van der Waals surface area contributed by atoms with Crippen LogP contribution in [-0.4, -0.2) is 23.4 Å². The van der Waals surface area contributed by atoms with E-state index in [1.54, 1.807) is 6.07 Å². The number of phenols is 1. The van der Waals surface area contributed by atoms with Crippen molar-refractivity contribution >= 4 is 21.6 Å². The zero-order valence-electron chi connectivity index (χ0n) is 14.2. The van der Waals surface area contributed by atoms with Gasteiger partial charge in [0.2, 0.25) is 6.79 Å². The number of fused-ring (bicyclic) bond motifs is 2. The van der Waals surface area contributed by atoms with E-state index < -0.39 is 0 Å². The van der Waals surface area contributed by atoms with Gasteiger partial charge in [0.15, 0.2) is 11.5 Å². The van der Waals surface area contributed by atoms with Gasteiger partial charge in [-0.1, -0.05) is 53.9 Å². The third kappa shape index (κ3) is 2.84. The monoisotopic (exact) mass is 403 g/mol. The molecule has 0 bridgehead atoms. The predicted molar refractivity (Wildman–Crippen MR) is 102 cm³/mol. The molecule has 0 saturated heterocycles. The molecule has 0 fully saturated rings. The lowest BCUT2D eigenvalue weighted by Crippen LogP contribution is -2.30. The fourth-order valence-corrected chi connectivity index (χ4v) is 4.76. The summed E-state index contributed by atoms with van der Waals surface area (Å²) in [5.41, 5.74) is 3.34. The van der Waals surface area contributed by atoms with Crippen LogP contribution in [0.2, 0.25) is 0 Å². The fraction of sp³-hybridized carbons (Fsp3) is 0.400.